The molecule has 0 aliphatic carbocycles. The molecule has 2 saturated heterocycles. The molecule has 1 aromatic carbocycles. The van der Waals surface area contributed by atoms with E-state index in [-0.39, 0.29) is 54.6 Å². The maximum atomic E-state index is 14.0. The molecular weight excluding hydrogens is 515 g/mol. The number of nitrogens with one attached hydrogen (secondary N) is 1. The smallest absolute Gasteiger partial charge is 0.267 e. The summed E-state index contributed by atoms with van der Waals surface area (Å²) >= 11 is 0. The zero-order valence-electron chi connectivity index (χ0n) is 23.4. The van der Waals surface area contributed by atoms with Gasteiger partial charge < -0.3 is 25.4 Å². The third-order valence-electron chi connectivity index (χ3n) is 8.03. The van der Waals surface area contributed by atoms with Crippen molar-refractivity contribution in [1.82, 2.24) is 20.1 Å². The first kappa shape index (κ1) is 28.4. The van der Waals surface area contributed by atoms with E-state index in [1.165, 1.54) is 12.1 Å². The molecule has 0 spiro atoms. The molecule has 0 saturated carbocycles. The Morgan fingerprint density at radius 1 is 1.12 bits per heavy atom. The quantitative estimate of drug-likeness (QED) is 0.528. The Morgan fingerprint density at radius 3 is 2.62 bits per heavy atom. The lowest BCUT2D eigenvalue weighted by molar-refractivity contribution is -0.121. The van der Waals surface area contributed by atoms with Crippen molar-refractivity contribution in [2.24, 2.45) is 5.73 Å². The van der Waals surface area contributed by atoms with Crippen LogP contribution in [0.5, 0.6) is 5.88 Å². The second-order valence-corrected chi connectivity index (χ2v) is 11.2. The zero-order chi connectivity index (χ0) is 28.4. The molecule has 0 bridgehead atoms. The lowest BCUT2D eigenvalue weighted by Gasteiger charge is -2.44. The second-order valence-electron chi connectivity index (χ2n) is 11.2. The third kappa shape index (κ3) is 6.27. The summed E-state index contributed by atoms with van der Waals surface area (Å²) in [6.07, 6.45) is 0.310. The molecule has 0 unspecified atom stereocenters. The number of primary amides is 1. The highest BCUT2D eigenvalue weighted by molar-refractivity contribution is 5.98. The number of carbonyl (C=O) groups excluding carboxylic acids is 2. The second kappa shape index (κ2) is 12.2. The lowest BCUT2D eigenvalue weighted by atomic mass is 10.0. The van der Waals surface area contributed by atoms with E-state index in [4.69, 9.17) is 15.2 Å². The summed E-state index contributed by atoms with van der Waals surface area (Å²) in [7, 11) is 0. The van der Waals surface area contributed by atoms with Gasteiger partial charge in [-0.1, -0.05) is 12.1 Å². The number of amides is 2. The molecular formula is C29H39FN6O4. The van der Waals surface area contributed by atoms with Gasteiger partial charge in [-0.25, -0.2) is 9.37 Å². The molecule has 10 nitrogen and oxygen atoms in total. The van der Waals surface area contributed by atoms with E-state index in [0.29, 0.717) is 23.7 Å². The van der Waals surface area contributed by atoms with Gasteiger partial charge in [-0.05, 0) is 56.5 Å². The number of carbonyl (C=O) groups is 2. The summed E-state index contributed by atoms with van der Waals surface area (Å²) in [5.41, 5.74) is 7.62. The van der Waals surface area contributed by atoms with Gasteiger partial charge >= 0.3 is 0 Å². The maximum absolute atomic E-state index is 14.0. The molecule has 2 amide bonds. The zero-order valence-corrected chi connectivity index (χ0v) is 23.4. The normalized spacial score (nSPS) is 25.8. The number of nitrogens with two attached hydrogens (primary N) is 1. The Bertz CT molecular complexity index is 1230. The molecule has 4 atom stereocenters. The number of nitrogens with zero attached hydrogens (tertiary/aromatic N) is 4. The Kier molecular flexibility index (Phi) is 8.65. The summed E-state index contributed by atoms with van der Waals surface area (Å²) in [6.45, 7) is 11.5. The van der Waals surface area contributed by atoms with E-state index in [0.717, 1.165) is 45.0 Å². The van der Waals surface area contributed by atoms with Crippen LogP contribution in [0.4, 0.5) is 10.1 Å². The van der Waals surface area contributed by atoms with Crippen molar-refractivity contribution in [2.45, 2.75) is 51.4 Å². The minimum absolute atomic E-state index is 0.0486. The van der Waals surface area contributed by atoms with Crippen LogP contribution in [0.1, 0.15) is 42.4 Å². The van der Waals surface area contributed by atoms with Gasteiger partial charge in [0.2, 0.25) is 11.8 Å². The first-order valence-corrected chi connectivity index (χ1v) is 14.0. The molecule has 1 aromatic heterocycles. The molecule has 216 valence electrons. The summed E-state index contributed by atoms with van der Waals surface area (Å²) in [5.74, 6) is -0.858. The maximum Gasteiger partial charge on any atom is 0.267 e. The first-order valence-electron chi connectivity index (χ1n) is 14.0. The van der Waals surface area contributed by atoms with Crippen molar-refractivity contribution < 1.29 is 23.5 Å². The average molecular weight is 555 g/mol. The van der Waals surface area contributed by atoms with Crippen LogP contribution in [0.25, 0.3) is 0 Å². The summed E-state index contributed by atoms with van der Waals surface area (Å²) in [5, 5.41) is 3.57. The fourth-order valence-electron chi connectivity index (χ4n) is 5.83. The number of anilines is 1. The predicted octanol–water partition coefficient (Wildman–Crippen LogP) is 1.41. The summed E-state index contributed by atoms with van der Waals surface area (Å²) < 4.78 is 25.0. The number of pyridine rings is 1. The number of benzene rings is 1. The largest absolute Gasteiger partial charge is 0.474 e. The molecule has 3 aliphatic heterocycles. The SMILES string of the molecule is C[C@@H]1CN(CC(=O)N2c3cc(Cc4ccc(F)cc4)c(C(N)=O)nc3OC[C@@H]2C)[C@@H](CN2CCOC[C@H]2C)CN1. The number of ether oxygens (including phenoxy) is 2. The van der Waals surface area contributed by atoms with Crippen LogP contribution < -0.4 is 20.7 Å². The fraction of sp³-hybridized carbons (Fsp3) is 0.552. The molecule has 11 heteroatoms. The molecule has 2 fully saturated rings. The van der Waals surface area contributed by atoms with Gasteiger partial charge in [0.15, 0.2) is 0 Å². The highest BCUT2D eigenvalue weighted by Gasteiger charge is 2.36. The molecule has 5 rings (SSSR count). The number of halogens is 1. The predicted molar refractivity (Wildman–Crippen MR) is 149 cm³/mol. The minimum atomic E-state index is -0.685. The van der Waals surface area contributed by atoms with E-state index in [1.54, 1.807) is 23.1 Å². The van der Waals surface area contributed by atoms with Crippen LogP contribution in [0.2, 0.25) is 0 Å². The number of aromatic nitrogens is 1. The van der Waals surface area contributed by atoms with Crippen molar-refractivity contribution in [3.05, 3.63) is 53.0 Å². The highest BCUT2D eigenvalue weighted by Crippen LogP contribution is 2.35. The van der Waals surface area contributed by atoms with Crippen molar-refractivity contribution in [2.75, 3.05) is 57.4 Å². The monoisotopic (exact) mass is 554 g/mol. The van der Waals surface area contributed by atoms with Crippen molar-refractivity contribution >= 4 is 17.5 Å². The average Bonchev–Trinajstić information content (AvgIpc) is 2.92. The van der Waals surface area contributed by atoms with Crippen LogP contribution in [0.3, 0.4) is 0 Å². The van der Waals surface area contributed by atoms with Gasteiger partial charge in [0.05, 0.1) is 25.8 Å². The Labute approximate surface area is 234 Å². The number of hydrogen-bond donors (Lipinski definition) is 2. The van der Waals surface area contributed by atoms with Gasteiger partial charge in [0.1, 0.15) is 23.8 Å². The Morgan fingerprint density at radius 2 is 1.90 bits per heavy atom. The highest BCUT2D eigenvalue weighted by atomic mass is 19.1. The number of piperazine rings is 1. The summed E-state index contributed by atoms with van der Waals surface area (Å²) in [4.78, 5) is 37.2. The van der Waals surface area contributed by atoms with Gasteiger partial charge in [-0.2, -0.15) is 0 Å². The van der Waals surface area contributed by atoms with Crippen LogP contribution in [0, 0.1) is 5.82 Å². The molecule has 0 radical (unpaired) electrons. The van der Waals surface area contributed by atoms with Crippen LogP contribution in [0.15, 0.2) is 30.3 Å². The van der Waals surface area contributed by atoms with Crippen LogP contribution in [-0.4, -0.2) is 103 Å². The van der Waals surface area contributed by atoms with Crippen LogP contribution >= 0.6 is 0 Å². The topological polar surface area (TPSA) is 113 Å². The molecule has 3 N–H and O–H groups in total. The van der Waals surface area contributed by atoms with Gasteiger partial charge in [-0.3, -0.25) is 19.4 Å². The van der Waals surface area contributed by atoms with Gasteiger partial charge in [0, 0.05) is 44.3 Å². The van der Waals surface area contributed by atoms with E-state index in [9.17, 15) is 14.0 Å². The Balaban J connectivity index is 1.40. The first-order chi connectivity index (χ1) is 19.2. The number of hydrogen-bond acceptors (Lipinski definition) is 8. The van der Waals surface area contributed by atoms with Gasteiger partial charge in [-0.15, -0.1) is 0 Å². The van der Waals surface area contributed by atoms with E-state index >= 15 is 0 Å². The molecule has 2 aromatic rings. The Hall–Kier alpha value is -3.12. The van der Waals surface area contributed by atoms with Crippen molar-refractivity contribution in [3.63, 3.8) is 0 Å². The van der Waals surface area contributed by atoms with E-state index in [1.807, 2.05) is 6.92 Å². The third-order valence-corrected chi connectivity index (χ3v) is 8.03. The standard InChI is InChI=1S/C29H39FN6O4/c1-18-13-35(24(12-32-18)14-34-8-9-39-16-19(34)2)15-26(37)36-20(3)17-40-29-25(36)11-22(27(33-29)28(31)38)10-21-4-6-23(30)7-5-21/h4-7,11,18-20,24,32H,8-10,12-17H2,1-3H3,(H2,31,38)/t18-,19-,20+,24-/m1/s1. The molecule has 4 heterocycles. The number of morpholine rings is 1. The minimum Gasteiger partial charge on any atom is -0.474 e. The molecule has 40 heavy (non-hydrogen) atoms. The number of fused-ring (bicyclic) bond motifs is 1. The summed E-state index contributed by atoms with van der Waals surface area (Å²) in [6, 6.07) is 8.38. The van der Waals surface area contributed by atoms with Gasteiger partial charge in [0.25, 0.3) is 5.91 Å². The fourth-order valence-corrected chi connectivity index (χ4v) is 5.83. The van der Waals surface area contributed by atoms with Crippen molar-refractivity contribution in [3.8, 4) is 5.88 Å². The van der Waals surface area contributed by atoms with Crippen molar-refractivity contribution in [1.29, 1.82) is 0 Å². The molecule has 3 aliphatic rings. The van der Waals surface area contributed by atoms with E-state index < -0.39 is 5.91 Å². The number of rotatable bonds is 7. The van der Waals surface area contributed by atoms with E-state index in [2.05, 4.69) is 33.9 Å². The van der Waals surface area contributed by atoms with Crippen LogP contribution in [-0.2, 0) is 16.0 Å². The lowest BCUT2D eigenvalue weighted by Crippen LogP contribution is -2.62.